The van der Waals surface area contributed by atoms with Gasteiger partial charge < -0.3 is 4.74 Å². The van der Waals surface area contributed by atoms with E-state index in [1.54, 1.807) is 0 Å². The van der Waals surface area contributed by atoms with Crippen LogP contribution in [0.2, 0.25) is 0 Å². The quantitative estimate of drug-likeness (QED) is 0.693. The van der Waals surface area contributed by atoms with Gasteiger partial charge in [-0.1, -0.05) is 24.3 Å². The molecule has 0 spiro atoms. The summed E-state index contributed by atoms with van der Waals surface area (Å²) in [6, 6.07) is 8.77. The van der Waals surface area contributed by atoms with Gasteiger partial charge in [-0.3, -0.25) is 4.90 Å². The van der Waals surface area contributed by atoms with Crippen LogP contribution in [0.1, 0.15) is 24.0 Å². The Balaban J connectivity index is 1.76. The van der Waals surface area contributed by atoms with Crippen molar-refractivity contribution < 1.29 is 4.74 Å². The van der Waals surface area contributed by atoms with Crippen LogP contribution in [-0.2, 0) is 17.7 Å². The van der Waals surface area contributed by atoms with Crippen molar-refractivity contribution in [1.82, 2.24) is 4.90 Å². The van der Waals surface area contributed by atoms with Crippen molar-refractivity contribution in [2.45, 2.75) is 32.0 Å². The van der Waals surface area contributed by atoms with E-state index in [9.17, 15) is 0 Å². The van der Waals surface area contributed by atoms with E-state index in [0.29, 0.717) is 6.23 Å². The Labute approximate surface area is 90.8 Å². The molecule has 2 aliphatic heterocycles. The summed E-state index contributed by atoms with van der Waals surface area (Å²) in [6.45, 7) is 3.17. The molecular weight excluding hydrogens is 186 g/mol. The van der Waals surface area contributed by atoms with Crippen LogP contribution in [-0.4, -0.2) is 24.3 Å². The van der Waals surface area contributed by atoms with Gasteiger partial charge in [-0.2, -0.15) is 0 Å². The number of ether oxygens (including phenoxy) is 1. The van der Waals surface area contributed by atoms with Gasteiger partial charge in [0, 0.05) is 19.7 Å². The molecule has 3 rings (SSSR count). The van der Waals surface area contributed by atoms with Crippen LogP contribution in [0.25, 0.3) is 0 Å². The van der Waals surface area contributed by atoms with Gasteiger partial charge in [0.15, 0.2) is 0 Å². The van der Waals surface area contributed by atoms with Crippen molar-refractivity contribution in [3.05, 3.63) is 35.4 Å². The summed E-state index contributed by atoms with van der Waals surface area (Å²) in [4.78, 5) is 2.48. The molecule has 0 amide bonds. The number of benzene rings is 1. The molecule has 15 heavy (non-hydrogen) atoms. The molecule has 2 heteroatoms. The summed E-state index contributed by atoms with van der Waals surface area (Å²) in [7, 11) is 0. The number of hydrogen-bond donors (Lipinski definition) is 0. The van der Waals surface area contributed by atoms with Gasteiger partial charge in [-0.05, 0) is 30.4 Å². The summed E-state index contributed by atoms with van der Waals surface area (Å²) in [5.41, 5.74) is 3.01. The fraction of sp³-hybridized carbons (Fsp3) is 0.538. The minimum Gasteiger partial charge on any atom is -0.363 e. The molecule has 2 nitrogen and oxygen atoms in total. The van der Waals surface area contributed by atoms with Crippen LogP contribution >= 0.6 is 0 Å². The Kier molecular flexibility index (Phi) is 2.47. The molecule has 2 aliphatic rings. The van der Waals surface area contributed by atoms with Crippen molar-refractivity contribution in [3.8, 4) is 0 Å². The van der Waals surface area contributed by atoms with Crippen molar-refractivity contribution in [2.75, 3.05) is 13.2 Å². The van der Waals surface area contributed by atoms with Crippen molar-refractivity contribution in [1.29, 1.82) is 0 Å². The molecule has 0 bridgehead atoms. The molecule has 1 aromatic carbocycles. The van der Waals surface area contributed by atoms with E-state index in [-0.39, 0.29) is 0 Å². The molecule has 1 aromatic rings. The molecule has 2 heterocycles. The van der Waals surface area contributed by atoms with E-state index >= 15 is 0 Å². The first-order chi connectivity index (χ1) is 7.43. The Morgan fingerprint density at radius 3 is 2.87 bits per heavy atom. The molecule has 0 aliphatic carbocycles. The van der Waals surface area contributed by atoms with Gasteiger partial charge in [0.1, 0.15) is 6.23 Å². The highest BCUT2D eigenvalue weighted by Crippen LogP contribution is 2.24. The highest BCUT2D eigenvalue weighted by atomic mass is 16.5. The number of rotatable bonds is 1. The van der Waals surface area contributed by atoms with Crippen molar-refractivity contribution in [2.24, 2.45) is 0 Å². The van der Waals surface area contributed by atoms with Crippen LogP contribution in [0.15, 0.2) is 24.3 Å². The third-order valence-corrected chi connectivity index (χ3v) is 3.47. The van der Waals surface area contributed by atoms with E-state index < -0.39 is 0 Å². The molecular formula is C13H17NO. The monoisotopic (exact) mass is 203 g/mol. The number of hydrogen-bond acceptors (Lipinski definition) is 2. The maximum atomic E-state index is 5.73. The largest absolute Gasteiger partial charge is 0.363 e. The molecule has 0 N–H and O–H groups in total. The highest BCUT2D eigenvalue weighted by Gasteiger charge is 2.26. The predicted octanol–water partition coefficient (Wildman–Crippen LogP) is 2.18. The average Bonchev–Trinajstić information content (AvgIpc) is 2.82. The van der Waals surface area contributed by atoms with Gasteiger partial charge in [-0.25, -0.2) is 0 Å². The van der Waals surface area contributed by atoms with E-state index in [2.05, 4.69) is 29.2 Å². The van der Waals surface area contributed by atoms with Gasteiger partial charge >= 0.3 is 0 Å². The van der Waals surface area contributed by atoms with Gasteiger partial charge in [0.25, 0.3) is 0 Å². The molecule has 1 atom stereocenters. The van der Waals surface area contributed by atoms with Gasteiger partial charge in [0.05, 0.1) is 0 Å². The van der Waals surface area contributed by atoms with E-state index in [4.69, 9.17) is 4.74 Å². The molecule has 1 fully saturated rings. The Bertz CT molecular complexity index is 344. The Morgan fingerprint density at radius 1 is 1.20 bits per heavy atom. The third kappa shape index (κ3) is 1.80. The van der Waals surface area contributed by atoms with Crippen LogP contribution in [0.3, 0.4) is 0 Å². The molecule has 80 valence electrons. The highest BCUT2D eigenvalue weighted by molar-refractivity contribution is 5.29. The molecule has 0 aromatic heterocycles. The predicted molar refractivity (Wildman–Crippen MR) is 59.5 cm³/mol. The van der Waals surface area contributed by atoms with E-state index in [1.807, 2.05) is 0 Å². The Hall–Kier alpha value is -0.860. The molecule has 1 unspecified atom stereocenters. The van der Waals surface area contributed by atoms with Crippen molar-refractivity contribution >= 4 is 0 Å². The van der Waals surface area contributed by atoms with Crippen molar-refractivity contribution in [3.63, 3.8) is 0 Å². The molecule has 0 saturated carbocycles. The first kappa shape index (κ1) is 9.37. The van der Waals surface area contributed by atoms with Crippen LogP contribution in [0.5, 0.6) is 0 Å². The van der Waals surface area contributed by atoms with Gasteiger partial charge in [0.2, 0.25) is 0 Å². The zero-order valence-electron chi connectivity index (χ0n) is 8.98. The fourth-order valence-corrected chi connectivity index (χ4v) is 2.61. The SMILES string of the molecule is c1ccc2c(c1)CCN(C1CCCO1)C2. The summed E-state index contributed by atoms with van der Waals surface area (Å²) in [6.07, 6.45) is 4.00. The summed E-state index contributed by atoms with van der Waals surface area (Å²) in [5, 5.41) is 0. The lowest BCUT2D eigenvalue weighted by molar-refractivity contribution is -0.0274. The lowest BCUT2D eigenvalue weighted by atomic mass is 9.99. The lowest BCUT2D eigenvalue weighted by Gasteiger charge is -2.32. The summed E-state index contributed by atoms with van der Waals surface area (Å²) in [5.74, 6) is 0. The number of fused-ring (bicyclic) bond motifs is 1. The van der Waals surface area contributed by atoms with Gasteiger partial charge in [-0.15, -0.1) is 0 Å². The fourth-order valence-electron chi connectivity index (χ4n) is 2.61. The standard InChI is InChI=1S/C13H17NO/c1-2-5-12-10-14(8-7-11(12)4-1)13-6-3-9-15-13/h1-2,4-5,13H,3,6-10H2. The summed E-state index contributed by atoms with van der Waals surface area (Å²) >= 11 is 0. The topological polar surface area (TPSA) is 12.5 Å². The Morgan fingerprint density at radius 2 is 2.07 bits per heavy atom. The zero-order chi connectivity index (χ0) is 10.1. The van der Waals surface area contributed by atoms with E-state index in [0.717, 1.165) is 19.7 Å². The van der Waals surface area contributed by atoms with Crippen LogP contribution in [0.4, 0.5) is 0 Å². The first-order valence-corrected chi connectivity index (χ1v) is 5.86. The second-order valence-corrected chi connectivity index (χ2v) is 4.46. The lowest BCUT2D eigenvalue weighted by Crippen LogP contribution is -2.38. The van der Waals surface area contributed by atoms with Crippen LogP contribution in [0, 0.1) is 0 Å². The number of nitrogens with zero attached hydrogens (tertiary/aromatic N) is 1. The smallest absolute Gasteiger partial charge is 0.110 e. The normalized spacial score (nSPS) is 26.5. The minimum absolute atomic E-state index is 0.387. The summed E-state index contributed by atoms with van der Waals surface area (Å²) < 4.78 is 5.73. The van der Waals surface area contributed by atoms with E-state index in [1.165, 1.54) is 30.4 Å². The first-order valence-electron chi connectivity index (χ1n) is 5.86. The second-order valence-electron chi connectivity index (χ2n) is 4.46. The second kappa shape index (κ2) is 3.95. The molecule has 1 saturated heterocycles. The zero-order valence-corrected chi connectivity index (χ0v) is 8.98. The average molecular weight is 203 g/mol. The maximum absolute atomic E-state index is 5.73. The third-order valence-electron chi connectivity index (χ3n) is 3.47. The van der Waals surface area contributed by atoms with Crippen LogP contribution < -0.4 is 0 Å². The molecule has 0 radical (unpaired) electrons. The maximum Gasteiger partial charge on any atom is 0.110 e. The minimum atomic E-state index is 0.387.